The van der Waals surface area contributed by atoms with E-state index in [0.717, 1.165) is 5.56 Å². The van der Waals surface area contributed by atoms with Gasteiger partial charge in [0, 0.05) is 5.92 Å². The molecule has 1 aliphatic rings. The Morgan fingerprint density at radius 1 is 1.30 bits per heavy atom. The number of phenolic OH excluding ortho intramolecular Hbond substituents is 1. The van der Waals surface area contributed by atoms with E-state index < -0.39 is 9.84 Å². The van der Waals surface area contributed by atoms with Gasteiger partial charge in [0.25, 0.3) is 0 Å². The molecule has 106 valence electrons. The van der Waals surface area contributed by atoms with Gasteiger partial charge >= 0.3 is 0 Å². The molecule has 3 rings (SSSR count). The Morgan fingerprint density at radius 2 is 2.05 bits per heavy atom. The van der Waals surface area contributed by atoms with Crippen molar-refractivity contribution in [2.24, 2.45) is 0 Å². The highest BCUT2D eigenvalue weighted by molar-refractivity contribution is 7.91. The molecule has 2 heterocycles. The van der Waals surface area contributed by atoms with Crippen LogP contribution < -0.4 is 0 Å². The number of rotatable bonds is 3. The van der Waals surface area contributed by atoms with Crippen molar-refractivity contribution >= 4 is 9.84 Å². The lowest BCUT2D eigenvalue weighted by Crippen LogP contribution is -2.05. The average molecular weight is 294 g/mol. The summed E-state index contributed by atoms with van der Waals surface area (Å²) < 4.78 is 28.0. The minimum Gasteiger partial charge on any atom is -0.508 e. The Balaban J connectivity index is 1.72. The summed E-state index contributed by atoms with van der Waals surface area (Å²) in [4.78, 5) is 4.27. The van der Waals surface area contributed by atoms with Crippen molar-refractivity contribution in [2.45, 2.75) is 18.8 Å². The summed E-state index contributed by atoms with van der Waals surface area (Å²) in [6.45, 7) is 0. The number of benzene rings is 1. The van der Waals surface area contributed by atoms with E-state index in [4.69, 9.17) is 4.52 Å². The number of hydrogen-bond acceptors (Lipinski definition) is 6. The van der Waals surface area contributed by atoms with E-state index in [0.29, 0.717) is 24.6 Å². The Bertz CT molecular complexity index is 706. The molecule has 1 N–H and O–H groups in total. The Hall–Kier alpha value is -1.89. The summed E-state index contributed by atoms with van der Waals surface area (Å²) in [6, 6.07) is 6.74. The summed E-state index contributed by atoms with van der Waals surface area (Å²) in [6.07, 6.45) is 1.02. The summed E-state index contributed by atoms with van der Waals surface area (Å²) in [5.41, 5.74) is 0.942. The number of hydrogen-bond donors (Lipinski definition) is 1. The number of sulfone groups is 1. The van der Waals surface area contributed by atoms with Gasteiger partial charge in [-0.25, -0.2) is 8.42 Å². The maximum absolute atomic E-state index is 11.4. The van der Waals surface area contributed by atoms with E-state index in [1.807, 2.05) is 0 Å². The van der Waals surface area contributed by atoms with Crippen LogP contribution in [0, 0.1) is 0 Å². The van der Waals surface area contributed by atoms with Gasteiger partial charge in [-0.1, -0.05) is 17.3 Å². The number of aromatic hydroxyl groups is 1. The highest BCUT2D eigenvalue weighted by Gasteiger charge is 2.32. The van der Waals surface area contributed by atoms with E-state index in [2.05, 4.69) is 10.1 Å². The zero-order valence-corrected chi connectivity index (χ0v) is 11.5. The third-order valence-electron chi connectivity index (χ3n) is 3.37. The first-order chi connectivity index (χ1) is 9.52. The van der Waals surface area contributed by atoms with Crippen LogP contribution in [-0.2, 0) is 16.3 Å². The topological polar surface area (TPSA) is 93.3 Å². The molecule has 1 fully saturated rings. The molecule has 1 atom stereocenters. The second kappa shape index (κ2) is 4.90. The predicted octanol–water partition coefficient (Wildman–Crippen LogP) is 1.27. The predicted molar refractivity (Wildman–Crippen MR) is 71.2 cm³/mol. The Kier molecular flexibility index (Phi) is 3.21. The van der Waals surface area contributed by atoms with Crippen LogP contribution in [0.25, 0.3) is 0 Å². The molecule has 0 aliphatic carbocycles. The molecule has 0 bridgehead atoms. The number of phenols is 1. The van der Waals surface area contributed by atoms with Crippen molar-refractivity contribution in [2.75, 3.05) is 11.5 Å². The Labute approximate surface area is 116 Å². The van der Waals surface area contributed by atoms with Crippen molar-refractivity contribution < 1.29 is 18.0 Å². The lowest BCUT2D eigenvalue weighted by Gasteiger charge is -1.98. The zero-order chi connectivity index (χ0) is 14.2. The molecule has 20 heavy (non-hydrogen) atoms. The second-order valence-electron chi connectivity index (χ2n) is 4.99. The van der Waals surface area contributed by atoms with Crippen LogP contribution >= 0.6 is 0 Å². The van der Waals surface area contributed by atoms with Crippen molar-refractivity contribution in [3.8, 4) is 5.75 Å². The second-order valence-corrected chi connectivity index (χ2v) is 7.22. The average Bonchev–Trinajstić information content (AvgIpc) is 2.99. The minimum absolute atomic E-state index is 0.102. The third kappa shape index (κ3) is 2.82. The van der Waals surface area contributed by atoms with Gasteiger partial charge in [-0.05, 0) is 24.1 Å². The van der Waals surface area contributed by atoms with Gasteiger partial charge in [0.1, 0.15) is 5.75 Å². The third-order valence-corrected chi connectivity index (χ3v) is 5.14. The lowest BCUT2D eigenvalue weighted by molar-refractivity contribution is 0.376. The highest BCUT2D eigenvalue weighted by atomic mass is 32.2. The summed E-state index contributed by atoms with van der Waals surface area (Å²) in [7, 11) is -2.95. The van der Waals surface area contributed by atoms with E-state index >= 15 is 0 Å². The first kappa shape index (κ1) is 13.1. The minimum atomic E-state index is -2.95. The van der Waals surface area contributed by atoms with Crippen molar-refractivity contribution in [3.63, 3.8) is 0 Å². The van der Waals surface area contributed by atoms with Gasteiger partial charge in [0.05, 0.1) is 17.9 Å². The molecule has 6 nitrogen and oxygen atoms in total. The normalized spacial score (nSPS) is 21.1. The van der Waals surface area contributed by atoms with Gasteiger partial charge in [0.15, 0.2) is 15.7 Å². The molecule has 1 aromatic heterocycles. The van der Waals surface area contributed by atoms with Gasteiger partial charge in [0.2, 0.25) is 5.89 Å². The van der Waals surface area contributed by atoms with E-state index in [1.54, 1.807) is 24.3 Å². The molecule has 7 heteroatoms. The van der Waals surface area contributed by atoms with Crippen LogP contribution in [0.5, 0.6) is 5.75 Å². The fourth-order valence-electron chi connectivity index (χ4n) is 2.29. The van der Waals surface area contributed by atoms with E-state index in [-0.39, 0.29) is 23.2 Å². The molecular formula is C13H14N2O4S. The quantitative estimate of drug-likeness (QED) is 0.916. The van der Waals surface area contributed by atoms with Gasteiger partial charge < -0.3 is 9.63 Å². The summed E-state index contributed by atoms with van der Waals surface area (Å²) in [5, 5.41) is 13.1. The molecule has 1 unspecified atom stereocenters. The smallest absolute Gasteiger partial charge is 0.231 e. The lowest BCUT2D eigenvalue weighted by atomic mass is 10.1. The fourth-order valence-corrected chi connectivity index (χ4v) is 4.03. The molecule has 2 aromatic rings. The maximum atomic E-state index is 11.4. The molecule has 1 aliphatic heterocycles. The van der Waals surface area contributed by atoms with Gasteiger partial charge in [-0.3, -0.25) is 0 Å². The maximum Gasteiger partial charge on any atom is 0.231 e. The molecule has 0 saturated carbocycles. The monoisotopic (exact) mass is 294 g/mol. The van der Waals surface area contributed by atoms with Crippen LogP contribution in [0.4, 0.5) is 0 Å². The van der Waals surface area contributed by atoms with Crippen LogP contribution in [0.15, 0.2) is 28.8 Å². The Morgan fingerprint density at radius 3 is 2.70 bits per heavy atom. The van der Waals surface area contributed by atoms with Gasteiger partial charge in [-0.2, -0.15) is 4.98 Å². The number of nitrogens with zero attached hydrogens (tertiary/aromatic N) is 2. The fraction of sp³-hybridized carbons (Fsp3) is 0.385. The largest absolute Gasteiger partial charge is 0.508 e. The molecule has 0 radical (unpaired) electrons. The van der Waals surface area contributed by atoms with E-state index in [1.165, 1.54) is 0 Å². The summed E-state index contributed by atoms with van der Waals surface area (Å²) >= 11 is 0. The van der Waals surface area contributed by atoms with Crippen molar-refractivity contribution in [1.29, 1.82) is 0 Å². The first-order valence-electron chi connectivity index (χ1n) is 6.33. The van der Waals surface area contributed by atoms with Crippen LogP contribution in [0.3, 0.4) is 0 Å². The molecular weight excluding hydrogens is 280 g/mol. The molecule has 1 aromatic carbocycles. The summed E-state index contributed by atoms with van der Waals surface area (Å²) in [5.74, 6) is 1.27. The molecule has 0 amide bonds. The molecule has 0 spiro atoms. The van der Waals surface area contributed by atoms with E-state index in [9.17, 15) is 13.5 Å². The first-order valence-corrected chi connectivity index (χ1v) is 8.15. The van der Waals surface area contributed by atoms with Crippen LogP contribution in [0.1, 0.15) is 29.6 Å². The van der Waals surface area contributed by atoms with Gasteiger partial charge in [-0.15, -0.1) is 0 Å². The van der Waals surface area contributed by atoms with Crippen LogP contribution in [0.2, 0.25) is 0 Å². The number of aromatic nitrogens is 2. The van der Waals surface area contributed by atoms with Crippen molar-refractivity contribution in [1.82, 2.24) is 10.1 Å². The standard InChI is InChI=1S/C13H14N2O4S/c16-11-3-1-9(2-4-11)7-12-14-13(15-19-12)10-5-6-20(17,18)8-10/h1-4,10,16H,5-8H2. The van der Waals surface area contributed by atoms with Crippen molar-refractivity contribution in [3.05, 3.63) is 41.5 Å². The van der Waals surface area contributed by atoms with Crippen LogP contribution in [-0.4, -0.2) is 35.2 Å². The highest BCUT2D eigenvalue weighted by Crippen LogP contribution is 2.27. The SMILES string of the molecule is O=S1(=O)CCC(c2noc(Cc3ccc(O)cc3)n2)C1. The molecule has 1 saturated heterocycles. The zero-order valence-electron chi connectivity index (χ0n) is 10.7.